The number of carbonyl (C=O) groups excluding carboxylic acids is 1. The fourth-order valence-corrected chi connectivity index (χ4v) is 3.56. The second-order valence-electron chi connectivity index (χ2n) is 6.91. The molecule has 0 aliphatic rings. The van der Waals surface area contributed by atoms with Gasteiger partial charge in [0.15, 0.2) is 0 Å². The van der Waals surface area contributed by atoms with Crippen LogP contribution in [-0.4, -0.2) is 56.5 Å². The fraction of sp³-hybridized carbons (Fsp3) is 0.850. The van der Waals surface area contributed by atoms with E-state index in [1.54, 1.807) is 13.0 Å². The maximum Gasteiger partial charge on any atom is 0.330 e. The van der Waals surface area contributed by atoms with Gasteiger partial charge in [-0.05, 0) is 26.2 Å². The van der Waals surface area contributed by atoms with Crippen LogP contribution in [0, 0.1) is 0 Å². The lowest BCUT2D eigenvalue weighted by Crippen LogP contribution is -2.51. The molecular weight excluding hydrogens is 365 g/mol. The van der Waals surface area contributed by atoms with Gasteiger partial charge in [-0.1, -0.05) is 46.1 Å². The molecule has 0 fully saturated rings. The van der Waals surface area contributed by atoms with E-state index in [-0.39, 0.29) is 13.2 Å². The van der Waals surface area contributed by atoms with Gasteiger partial charge >= 0.3 is 14.2 Å². The molecule has 0 spiro atoms. The predicted molar refractivity (Wildman–Crippen MR) is 111 cm³/mol. The van der Waals surface area contributed by atoms with Crippen molar-refractivity contribution in [3.05, 3.63) is 12.2 Å². The molecule has 0 aromatic rings. The number of hydrogen-bond donors (Lipinski definition) is 0. The molecule has 0 radical (unpaired) electrons. The van der Waals surface area contributed by atoms with Crippen molar-refractivity contribution in [2.24, 2.45) is 0 Å². The summed E-state index contributed by atoms with van der Waals surface area (Å²) in [5.74, 6) is -0.424. The third-order valence-electron chi connectivity index (χ3n) is 4.59. The van der Waals surface area contributed by atoms with E-state index < -0.39 is 14.2 Å². The van der Waals surface area contributed by atoms with Crippen LogP contribution >= 0.6 is 8.25 Å². The molecule has 0 bridgehead atoms. The van der Waals surface area contributed by atoms with Crippen LogP contribution in [0.5, 0.6) is 0 Å². The topological polar surface area (TPSA) is 61.8 Å². The Morgan fingerprint density at radius 1 is 0.852 bits per heavy atom. The van der Waals surface area contributed by atoms with Crippen LogP contribution in [0.2, 0.25) is 0 Å². The van der Waals surface area contributed by atoms with E-state index in [0.717, 1.165) is 30.7 Å². The van der Waals surface area contributed by atoms with Crippen LogP contribution in [0.15, 0.2) is 12.2 Å². The smallest absolute Gasteiger partial charge is 0.330 e. The Morgan fingerprint density at radius 2 is 1.37 bits per heavy atom. The number of nitrogens with zero attached hydrogens (tertiary/aromatic N) is 1. The molecule has 0 aromatic carbocycles. The molecule has 0 aliphatic carbocycles. The zero-order valence-corrected chi connectivity index (χ0v) is 18.8. The first-order valence-corrected chi connectivity index (χ1v) is 11.7. The summed E-state index contributed by atoms with van der Waals surface area (Å²) in [5.41, 5.74) is 0. The van der Waals surface area contributed by atoms with E-state index >= 15 is 0 Å². The molecule has 0 aliphatic heterocycles. The number of esters is 1. The molecule has 0 saturated carbocycles. The van der Waals surface area contributed by atoms with Crippen LogP contribution < -0.4 is 0 Å². The monoisotopic (exact) mass is 406 g/mol. The molecule has 0 aromatic heterocycles. The molecule has 27 heavy (non-hydrogen) atoms. The summed E-state index contributed by atoms with van der Waals surface area (Å²) in [5, 5.41) is 0. The summed E-state index contributed by atoms with van der Waals surface area (Å²) >= 11 is 0. The van der Waals surface area contributed by atoms with Crippen molar-refractivity contribution in [3.63, 3.8) is 0 Å². The Hall–Kier alpha value is -0.680. The number of hydrogen-bond acceptors (Lipinski definition) is 5. The van der Waals surface area contributed by atoms with Gasteiger partial charge in [0.25, 0.3) is 0 Å². The summed E-state index contributed by atoms with van der Waals surface area (Å²) in [6, 6.07) is 0. The SMILES string of the molecule is CC=CC(=O)OCCO[PH](=O)OCC[N+](CCCC)(CCCC)CCCC. The largest absolute Gasteiger partial charge is 0.460 e. The van der Waals surface area contributed by atoms with Crippen molar-refractivity contribution in [2.75, 3.05) is 46.0 Å². The van der Waals surface area contributed by atoms with E-state index in [4.69, 9.17) is 13.8 Å². The molecular formula is C20H41NO5P+. The molecule has 0 saturated heterocycles. The van der Waals surface area contributed by atoms with Gasteiger partial charge in [0.2, 0.25) is 0 Å². The van der Waals surface area contributed by atoms with Gasteiger partial charge in [0.1, 0.15) is 19.8 Å². The lowest BCUT2D eigenvalue weighted by molar-refractivity contribution is -0.928. The molecule has 160 valence electrons. The molecule has 0 heterocycles. The highest BCUT2D eigenvalue weighted by atomic mass is 31.1. The van der Waals surface area contributed by atoms with Crippen molar-refractivity contribution < 1.29 is 27.6 Å². The Kier molecular flexibility index (Phi) is 17.0. The Balaban J connectivity index is 4.33. The van der Waals surface area contributed by atoms with Crippen molar-refractivity contribution in [1.82, 2.24) is 0 Å². The number of carbonyl (C=O) groups is 1. The van der Waals surface area contributed by atoms with Crippen molar-refractivity contribution in [3.8, 4) is 0 Å². The van der Waals surface area contributed by atoms with E-state index in [0.29, 0.717) is 6.61 Å². The van der Waals surface area contributed by atoms with Gasteiger partial charge in [-0.3, -0.25) is 4.57 Å². The predicted octanol–water partition coefficient (Wildman–Crippen LogP) is 4.75. The van der Waals surface area contributed by atoms with Gasteiger partial charge in [0.05, 0.1) is 26.2 Å². The van der Waals surface area contributed by atoms with Gasteiger partial charge in [-0.15, -0.1) is 0 Å². The lowest BCUT2D eigenvalue weighted by atomic mass is 10.1. The zero-order valence-electron chi connectivity index (χ0n) is 17.8. The highest BCUT2D eigenvalue weighted by molar-refractivity contribution is 7.33. The Labute approximate surface area is 166 Å². The normalized spacial score (nSPS) is 13.2. The fourth-order valence-electron chi connectivity index (χ4n) is 2.97. The second kappa shape index (κ2) is 17.4. The average Bonchev–Trinajstić information content (AvgIpc) is 2.66. The molecule has 6 nitrogen and oxygen atoms in total. The first-order valence-electron chi connectivity index (χ1n) is 10.5. The minimum Gasteiger partial charge on any atom is -0.460 e. The van der Waals surface area contributed by atoms with E-state index in [1.165, 1.54) is 44.6 Å². The molecule has 0 N–H and O–H groups in total. The van der Waals surface area contributed by atoms with Crippen LogP contribution in [-0.2, 0) is 23.1 Å². The summed E-state index contributed by atoms with van der Waals surface area (Å²) in [7, 11) is -2.55. The molecule has 1 unspecified atom stereocenters. The van der Waals surface area contributed by atoms with Gasteiger partial charge < -0.3 is 18.3 Å². The van der Waals surface area contributed by atoms with Crippen molar-refractivity contribution in [2.45, 2.75) is 66.2 Å². The molecule has 7 heteroatoms. The lowest BCUT2D eigenvalue weighted by Gasteiger charge is -2.39. The first-order chi connectivity index (χ1) is 13.0. The average molecular weight is 407 g/mol. The van der Waals surface area contributed by atoms with Crippen LogP contribution in [0.3, 0.4) is 0 Å². The summed E-state index contributed by atoms with van der Waals surface area (Å²) in [6.07, 6.45) is 10.1. The third-order valence-corrected chi connectivity index (χ3v) is 5.47. The highest BCUT2D eigenvalue weighted by Gasteiger charge is 2.25. The van der Waals surface area contributed by atoms with E-state index in [1.807, 2.05) is 0 Å². The van der Waals surface area contributed by atoms with Gasteiger partial charge in [0, 0.05) is 6.08 Å². The Morgan fingerprint density at radius 3 is 1.85 bits per heavy atom. The van der Waals surface area contributed by atoms with Crippen LogP contribution in [0.1, 0.15) is 66.2 Å². The Bertz CT molecular complexity index is 407. The second-order valence-corrected chi connectivity index (χ2v) is 7.99. The maximum atomic E-state index is 11.9. The highest BCUT2D eigenvalue weighted by Crippen LogP contribution is 2.24. The van der Waals surface area contributed by atoms with E-state index in [2.05, 4.69) is 20.8 Å². The third kappa shape index (κ3) is 14.0. The van der Waals surface area contributed by atoms with Gasteiger partial charge in [-0.25, -0.2) is 4.79 Å². The number of quaternary nitrogens is 1. The van der Waals surface area contributed by atoms with E-state index in [9.17, 15) is 9.36 Å². The van der Waals surface area contributed by atoms with Crippen molar-refractivity contribution in [1.29, 1.82) is 0 Å². The quantitative estimate of drug-likeness (QED) is 0.108. The molecule has 0 rings (SSSR count). The maximum absolute atomic E-state index is 11.9. The van der Waals surface area contributed by atoms with Crippen LogP contribution in [0.4, 0.5) is 0 Å². The molecule has 1 atom stereocenters. The molecule has 0 amide bonds. The number of allylic oxidation sites excluding steroid dienone is 1. The minimum atomic E-state index is -2.55. The number of rotatable bonds is 18. The standard InChI is InChI=1S/C20H41NO5P/c1-5-9-13-21(14-10-6-2,15-11-7-3)16-17-25-27(23)26-19-18-24-20(22)12-8-4/h8,12,27H,5-7,9-11,13-19H2,1-4H3/q+1. The minimum absolute atomic E-state index is 0.0758. The van der Waals surface area contributed by atoms with Crippen molar-refractivity contribution >= 4 is 14.2 Å². The summed E-state index contributed by atoms with van der Waals surface area (Å²) in [4.78, 5) is 11.2. The van der Waals surface area contributed by atoms with Crippen LogP contribution in [0.25, 0.3) is 0 Å². The zero-order chi connectivity index (χ0) is 20.4. The number of ether oxygens (including phenoxy) is 1. The first kappa shape index (κ1) is 26.3. The summed E-state index contributed by atoms with van der Waals surface area (Å²) in [6.45, 7) is 13.3. The number of unbranched alkanes of at least 4 members (excludes halogenated alkanes) is 3. The summed E-state index contributed by atoms with van der Waals surface area (Å²) < 4.78 is 28.5. The van der Waals surface area contributed by atoms with Gasteiger partial charge in [-0.2, -0.15) is 0 Å².